The summed E-state index contributed by atoms with van der Waals surface area (Å²) in [6, 6.07) is 12.8. The Morgan fingerprint density at radius 2 is 2.11 bits per heavy atom. The molecule has 2 aromatic heterocycles. The largest absolute Gasteiger partial charge is 0.332 e. The van der Waals surface area contributed by atoms with E-state index in [1.165, 1.54) is 11.3 Å². The number of hydrogen-bond donors (Lipinski definition) is 2. The molecule has 7 nitrogen and oxygen atoms in total. The van der Waals surface area contributed by atoms with E-state index in [-0.39, 0.29) is 11.0 Å². The molecule has 0 spiro atoms. The van der Waals surface area contributed by atoms with Crippen LogP contribution in [0, 0.1) is 6.92 Å². The Kier molecular flexibility index (Phi) is 5.03. The lowest BCUT2D eigenvalue weighted by atomic mass is 10.1. The molecule has 0 aliphatic rings. The molecule has 0 fully saturated rings. The number of nitrogens with one attached hydrogen (secondary N) is 2. The average Bonchev–Trinajstić information content (AvgIpc) is 3.23. The Labute approximate surface area is 174 Å². The topological polar surface area (TPSA) is 84.2 Å². The van der Waals surface area contributed by atoms with Crippen LogP contribution in [0.25, 0.3) is 15.5 Å². The van der Waals surface area contributed by atoms with Gasteiger partial charge in [0, 0.05) is 11.3 Å². The second-order valence-corrected chi connectivity index (χ2v) is 7.71. The molecular formula is C18H13ClN6OS2. The average molecular weight is 429 g/mol. The third-order valence-corrected chi connectivity index (χ3v) is 5.33. The molecule has 2 N–H and O–H groups in total. The summed E-state index contributed by atoms with van der Waals surface area (Å²) < 4.78 is 1.62. The highest BCUT2D eigenvalue weighted by Gasteiger charge is 2.13. The van der Waals surface area contributed by atoms with Crippen molar-refractivity contribution < 1.29 is 4.79 Å². The van der Waals surface area contributed by atoms with Crippen LogP contribution >= 0.6 is 35.2 Å². The van der Waals surface area contributed by atoms with Gasteiger partial charge in [0.15, 0.2) is 5.11 Å². The van der Waals surface area contributed by atoms with E-state index in [0.717, 1.165) is 21.8 Å². The normalized spacial score (nSPS) is 10.8. The molecule has 0 aliphatic carbocycles. The third kappa shape index (κ3) is 3.86. The fourth-order valence-corrected chi connectivity index (χ4v) is 3.89. The Morgan fingerprint density at radius 1 is 1.25 bits per heavy atom. The van der Waals surface area contributed by atoms with Gasteiger partial charge in [-0.3, -0.25) is 10.1 Å². The first kappa shape index (κ1) is 18.5. The lowest BCUT2D eigenvalue weighted by Gasteiger charge is -2.11. The van der Waals surface area contributed by atoms with Crippen LogP contribution in [0.5, 0.6) is 0 Å². The number of amides is 1. The van der Waals surface area contributed by atoms with Gasteiger partial charge in [0.25, 0.3) is 5.91 Å². The Morgan fingerprint density at radius 3 is 2.89 bits per heavy atom. The van der Waals surface area contributed by atoms with Crippen molar-refractivity contribution >= 4 is 56.8 Å². The highest BCUT2D eigenvalue weighted by molar-refractivity contribution is 7.80. The van der Waals surface area contributed by atoms with Gasteiger partial charge in [-0.2, -0.15) is 9.61 Å². The Hall–Kier alpha value is -2.88. The van der Waals surface area contributed by atoms with Crippen molar-refractivity contribution in [2.24, 2.45) is 0 Å². The molecule has 0 saturated heterocycles. The molecule has 0 unspecified atom stereocenters. The molecule has 4 aromatic rings. The highest BCUT2D eigenvalue weighted by atomic mass is 35.5. The number of fused-ring (bicyclic) bond motifs is 1. The lowest BCUT2D eigenvalue weighted by molar-refractivity contribution is 0.0978. The first-order chi connectivity index (χ1) is 13.5. The van der Waals surface area contributed by atoms with E-state index in [0.29, 0.717) is 15.5 Å². The van der Waals surface area contributed by atoms with Crippen molar-refractivity contribution in [3.63, 3.8) is 0 Å². The summed E-state index contributed by atoms with van der Waals surface area (Å²) in [4.78, 5) is 13.1. The number of thiocarbonyl (C=S) groups is 1. The van der Waals surface area contributed by atoms with Crippen LogP contribution in [0.2, 0.25) is 5.02 Å². The molecule has 0 saturated carbocycles. The first-order valence-electron chi connectivity index (χ1n) is 8.15. The molecule has 0 radical (unpaired) electrons. The van der Waals surface area contributed by atoms with Crippen LogP contribution in [0.4, 0.5) is 5.69 Å². The molecular weight excluding hydrogens is 416 g/mol. The number of anilines is 1. The van der Waals surface area contributed by atoms with E-state index >= 15 is 0 Å². The molecule has 1 amide bonds. The molecule has 140 valence electrons. The lowest BCUT2D eigenvalue weighted by Crippen LogP contribution is -2.34. The summed E-state index contributed by atoms with van der Waals surface area (Å²) in [5.74, 6) is -0.368. The minimum absolute atomic E-state index is 0.178. The summed E-state index contributed by atoms with van der Waals surface area (Å²) in [5, 5.41) is 19.2. The van der Waals surface area contributed by atoms with Crippen LogP contribution in [0.15, 0.2) is 48.8 Å². The highest BCUT2D eigenvalue weighted by Crippen LogP contribution is 2.26. The fraction of sp³-hybridized carbons (Fsp3) is 0.0556. The maximum atomic E-state index is 12.4. The van der Waals surface area contributed by atoms with Crippen molar-refractivity contribution in [3.8, 4) is 10.6 Å². The standard InChI is InChI=1S/C18H13ClN6OS2/c1-10-5-6-13(14(19)7-10)15(26)22-17(27)21-12-4-2-3-11(8-12)16-24-25-9-20-23-18(25)28-16/h2-9H,1H3,(H2,21,22,26,27). The van der Waals surface area contributed by atoms with E-state index < -0.39 is 0 Å². The number of carbonyl (C=O) groups excluding carboxylic acids is 1. The number of hydrogen-bond acceptors (Lipinski definition) is 6. The van der Waals surface area contributed by atoms with Crippen molar-refractivity contribution in [3.05, 3.63) is 64.9 Å². The quantitative estimate of drug-likeness (QED) is 0.481. The molecule has 28 heavy (non-hydrogen) atoms. The summed E-state index contributed by atoms with van der Waals surface area (Å²) in [6.07, 6.45) is 1.55. The number of carbonyl (C=O) groups is 1. The maximum absolute atomic E-state index is 12.4. The molecule has 10 heteroatoms. The second kappa shape index (κ2) is 7.63. The molecule has 0 bridgehead atoms. The monoisotopic (exact) mass is 428 g/mol. The molecule has 2 aromatic carbocycles. The van der Waals surface area contributed by atoms with Gasteiger partial charge in [-0.15, -0.1) is 10.2 Å². The van der Waals surface area contributed by atoms with Gasteiger partial charge >= 0.3 is 0 Å². The minimum Gasteiger partial charge on any atom is -0.332 e. The van der Waals surface area contributed by atoms with Crippen molar-refractivity contribution in [1.29, 1.82) is 0 Å². The van der Waals surface area contributed by atoms with E-state index in [4.69, 9.17) is 23.8 Å². The zero-order valence-electron chi connectivity index (χ0n) is 14.5. The molecule has 4 rings (SSSR count). The number of halogens is 1. The number of nitrogens with zero attached hydrogens (tertiary/aromatic N) is 4. The number of rotatable bonds is 3. The van der Waals surface area contributed by atoms with Gasteiger partial charge in [-0.25, -0.2) is 0 Å². The van der Waals surface area contributed by atoms with Gasteiger partial charge in [0.05, 0.1) is 10.6 Å². The predicted molar refractivity (Wildman–Crippen MR) is 114 cm³/mol. The van der Waals surface area contributed by atoms with Gasteiger partial charge in [-0.1, -0.05) is 41.1 Å². The second-order valence-electron chi connectivity index (χ2n) is 5.94. The smallest absolute Gasteiger partial charge is 0.258 e. The zero-order valence-corrected chi connectivity index (χ0v) is 16.9. The number of aryl methyl sites for hydroxylation is 1. The Balaban J connectivity index is 1.47. The summed E-state index contributed by atoms with van der Waals surface area (Å²) in [5.41, 5.74) is 2.97. The van der Waals surface area contributed by atoms with Crippen molar-refractivity contribution in [1.82, 2.24) is 25.1 Å². The fourth-order valence-electron chi connectivity index (χ4n) is 2.54. The predicted octanol–water partition coefficient (Wildman–Crippen LogP) is 3.94. The van der Waals surface area contributed by atoms with E-state index in [1.54, 1.807) is 23.0 Å². The van der Waals surface area contributed by atoms with Crippen LogP contribution in [0.3, 0.4) is 0 Å². The van der Waals surface area contributed by atoms with Gasteiger partial charge < -0.3 is 5.32 Å². The van der Waals surface area contributed by atoms with Gasteiger partial charge in [-0.05, 0) is 49.0 Å². The molecule has 2 heterocycles. The van der Waals surface area contributed by atoms with Crippen LogP contribution in [-0.4, -0.2) is 30.8 Å². The zero-order chi connectivity index (χ0) is 19.7. The van der Waals surface area contributed by atoms with Crippen LogP contribution < -0.4 is 10.6 Å². The van der Waals surface area contributed by atoms with Crippen LogP contribution in [0.1, 0.15) is 15.9 Å². The van der Waals surface area contributed by atoms with Gasteiger partial charge in [0.1, 0.15) is 11.3 Å². The third-order valence-electron chi connectivity index (χ3n) is 3.85. The summed E-state index contributed by atoms with van der Waals surface area (Å²) in [7, 11) is 0. The van der Waals surface area contributed by atoms with Crippen LogP contribution in [-0.2, 0) is 0 Å². The van der Waals surface area contributed by atoms with Crippen molar-refractivity contribution in [2.45, 2.75) is 6.92 Å². The number of benzene rings is 2. The van der Waals surface area contributed by atoms with E-state index in [9.17, 15) is 4.79 Å². The van der Waals surface area contributed by atoms with E-state index in [1.807, 2.05) is 37.3 Å². The maximum Gasteiger partial charge on any atom is 0.258 e. The van der Waals surface area contributed by atoms with E-state index in [2.05, 4.69) is 25.9 Å². The van der Waals surface area contributed by atoms with Gasteiger partial charge in [0.2, 0.25) is 4.96 Å². The SMILES string of the molecule is Cc1ccc(C(=O)NC(=S)Nc2cccc(-c3nn4cnnc4s3)c2)c(Cl)c1. The molecule has 0 aliphatic heterocycles. The number of aromatic nitrogens is 4. The molecule has 0 atom stereocenters. The first-order valence-corrected chi connectivity index (χ1v) is 9.75. The Bertz CT molecular complexity index is 1170. The summed E-state index contributed by atoms with van der Waals surface area (Å²) >= 11 is 12.8. The minimum atomic E-state index is -0.368. The van der Waals surface area contributed by atoms with Crippen molar-refractivity contribution in [2.75, 3.05) is 5.32 Å². The summed E-state index contributed by atoms with van der Waals surface area (Å²) in [6.45, 7) is 1.91.